The monoisotopic (exact) mass is 727 g/mol. The summed E-state index contributed by atoms with van der Waals surface area (Å²) in [6.07, 6.45) is 0. The van der Waals surface area contributed by atoms with Crippen molar-refractivity contribution in [2.24, 2.45) is 0 Å². The number of para-hydroxylation sites is 3. The summed E-state index contributed by atoms with van der Waals surface area (Å²) >= 11 is 1.82. The van der Waals surface area contributed by atoms with Crippen molar-refractivity contribution < 1.29 is 8.98 Å². The van der Waals surface area contributed by atoms with E-state index in [0.717, 1.165) is 54.7 Å². The van der Waals surface area contributed by atoms with E-state index in [1.807, 2.05) is 60.3 Å². The molecule has 4 heterocycles. The molecule has 1 spiro atoms. The fraction of sp³-hybridized carbons (Fsp3) is 0.0204. The number of rotatable bonds is 2. The highest BCUT2D eigenvalue weighted by molar-refractivity contribution is 7.99. The van der Waals surface area contributed by atoms with Crippen LogP contribution in [0.2, 0.25) is 0 Å². The predicted octanol–water partition coefficient (Wildman–Crippen LogP) is 11.5. The van der Waals surface area contributed by atoms with Crippen molar-refractivity contribution in [1.82, 2.24) is 4.57 Å². The van der Waals surface area contributed by atoms with Gasteiger partial charge in [-0.25, -0.2) is 0 Å². The molecule has 2 aliphatic heterocycles. The lowest BCUT2D eigenvalue weighted by Crippen LogP contribution is -2.48. The van der Waals surface area contributed by atoms with E-state index in [1.165, 1.54) is 42.7 Å². The summed E-state index contributed by atoms with van der Waals surface area (Å²) in [4.78, 5) is 2.38. The van der Waals surface area contributed by atoms with Crippen LogP contribution in [0, 0.1) is 0 Å². The second-order valence-corrected chi connectivity index (χ2v) is 18.1. The van der Waals surface area contributed by atoms with Gasteiger partial charge in [-0.2, -0.15) is 0 Å². The van der Waals surface area contributed by atoms with Crippen LogP contribution in [0.25, 0.3) is 49.4 Å². The smallest absolute Gasteiger partial charge is 0.171 e. The number of hydrogen-bond donors (Lipinski definition) is 0. The van der Waals surface area contributed by atoms with Crippen LogP contribution in [0.5, 0.6) is 0 Å². The van der Waals surface area contributed by atoms with Crippen LogP contribution >= 0.6 is 18.9 Å². The molecule has 5 heteroatoms. The van der Waals surface area contributed by atoms with Gasteiger partial charge in [0.25, 0.3) is 0 Å². The first-order chi connectivity index (χ1) is 26.7. The van der Waals surface area contributed by atoms with Crippen LogP contribution < -0.4 is 15.9 Å². The molecule has 0 saturated carbocycles. The zero-order valence-electron chi connectivity index (χ0n) is 28.9. The number of nitrogens with zero attached hydrogens (tertiary/aromatic N) is 1. The van der Waals surface area contributed by atoms with Crippen molar-refractivity contribution in [3.05, 3.63) is 204 Å². The van der Waals surface area contributed by atoms with Gasteiger partial charge < -0.3 is 13.5 Å². The Hall–Kier alpha value is -6.06. The molecule has 54 heavy (non-hydrogen) atoms. The van der Waals surface area contributed by atoms with Crippen LogP contribution in [0.1, 0.15) is 22.3 Å². The minimum Gasteiger partial charge on any atom is -0.456 e. The number of benzene rings is 8. The van der Waals surface area contributed by atoms with Crippen LogP contribution in [0.4, 0.5) is 0 Å². The maximum atomic E-state index is 16.4. The van der Waals surface area contributed by atoms with E-state index in [9.17, 15) is 0 Å². The van der Waals surface area contributed by atoms with Crippen LogP contribution in [0.15, 0.2) is 196 Å². The zero-order chi connectivity index (χ0) is 35.6. The topological polar surface area (TPSA) is 35.1 Å². The summed E-state index contributed by atoms with van der Waals surface area (Å²) in [7, 11) is -3.38. The third-order valence-corrected chi connectivity index (χ3v) is 16.0. The van der Waals surface area contributed by atoms with Crippen LogP contribution in [-0.2, 0) is 9.98 Å². The standard InChI is InChI=1S/C49H30NO2PS/c51-53(32-14-2-1-3-15-32)45-24-12-7-19-37(45)49(40-29-36-35-18-6-11-23-43(35)52-44(36)30-46(40)53)38-20-8-13-25-47(38)54-48-28-31(26-27-39(48)49)50-41-21-9-4-16-33(41)34-17-5-10-22-42(34)50/h1-30H. The molecule has 0 radical (unpaired) electrons. The summed E-state index contributed by atoms with van der Waals surface area (Å²) in [6, 6.07) is 64.3. The first kappa shape index (κ1) is 30.4. The minimum absolute atomic E-state index is 0.751. The molecule has 2 aromatic heterocycles. The fourth-order valence-electron chi connectivity index (χ4n) is 9.53. The van der Waals surface area contributed by atoms with Gasteiger partial charge >= 0.3 is 0 Å². The van der Waals surface area contributed by atoms with E-state index in [4.69, 9.17) is 4.42 Å². The highest BCUT2D eigenvalue weighted by Crippen LogP contribution is 2.62. The second-order valence-electron chi connectivity index (χ2n) is 14.3. The molecule has 0 N–H and O–H groups in total. The Bertz CT molecular complexity index is 3200. The third kappa shape index (κ3) is 3.82. The van der Waals surface area contributed by atoms with E-state index in [1.54, 1.807) is 0 Å². The summed E-state index contributed by atoms with van der Waals surface area (Å²) < 4.78 is 25.3. The van der Waals surface area contributed by atoms with E-state index in [2.05, 4.69) is 138 Å². The number of hydrogen-bond acceptors (Lipinski definition) is 3. The van der Waals surface area contributed by atoms with Crippen molar-refractivity contribution in [3.8, 4) is 5.69 Å². The number of furan rings is 1. The number of fused-ring (bicyclic) bond motifs is 14. The maximum absolute atomic E-state index is 16.4. The molecule has 12 rings (SSSR count). The Kier molecular flexibility index (Phi) is 6.19. The lowest BCUT2D eigenvalue weighted by atomic mass is 9.64. The van der Waals surface area contributed by atoms with E-state index in [-0.39, 0.29) is 0 Å². The Morgan fingerprint density at radius 2 is 1.09 bits per heavy atom. The Morgan fingerprint density at radius 1 is 0.463 bits per heavy atom. The molecule has 2 atom stereocenters. The highest BCUT2D eigenvalue weighted by Gasteiger charge is 2.54. The van der Waals surface area contributed by atoms with Crippen LogP contribution in [-0.4, -0.2) is 4.57 Å². The lowest BCUT2D eigenvalue weighted by molar-refractivity contribution is 0.589. The normalized spacial score (nSPS) is 18.5. The first-order valence-electron chi connectivity index (χ1n) is 18.3. The molecule has 2 aliphatic rings. The molecule has 0 fully saturated rings. The molecule has 8 aromatic carbocycles. The quantitative estimate of drug-likeness (QED) is 0.166. The van der Waals surface area contributed by atoms with Gasteiger partial charge in [0, 0.05) is 52.9 Å². The second kappa shape index (κ2) is 11.0. The van der Waals surface area contributed by atoms with Crippen molar-refractivity contribution in [2.75, 3.05) is 0 Å². The van der Waals surface area contributed by atoms with Crippen molar-refractivity contribution >= 4 is 78.6 Å². The number of aromatic nitrogens is 1. The van der Waals surface area contributed by atoms with Gasteiger partial charge in [-0.1, -0.05) is 145 Å². The molecule has 254 valence electrons. The van der Waals surface area contributed by atoms with E-state index in [0.29, 0.717) is 0 Å². The predicted molar refractivity (Wildman–Crippen MR) is 223 cm³/mol. The third-order valence-electron chi connectivity index (χ3n) is 11.7. The summed E-state index contributed by atoms with van der Waals surface area (Å²) in [5.41, 5.74) is 8.81. The Balaban J connectivity index is 1.24. The lowest BCUT2D eigenvalue weighted by Gasteiger charge is -2.47. The zero-order valence-corrected chi connectivity index (χ0v) is 30.7. The first-order valence-corrected chi connectivity index (χ1v) is 20.8. The van der Waals surface area contributed by atoms with Gasteiger partial charge in [-0.05, 0) is 70.8 Å². The molecule has 0 amide bonds. The van der Waals surface area contributed by atoms with Crippen LogP contribution in [0.3, 0.4) is 0 Å². The molecule has 0 aliphatic carbocycles. The van der Waals surface area contributed by atoms with Crippen molar-refractivity contribution in [1.29, 1.82) is 0 Å². The maximum Gasteiger partial charge on any atom is 0.171 e. The van der Waals surface area contributed by atoms with Crippen molar-refractivity contribution in [3.63, 3.8) is 0 Å². The average molecular weight is 728 g/mol. The van der Waals surface area contributed by atoms with E-state index >= 15 is 4.57 Å². The summed E-state index contributed by atoms with van der Waals surface area (Å²) in [5.74, 6) is 0. The molecular formula is C49H30NO2PS. The van der Waals surface area contributed by atoms with Gasteiger partial charge in [0.2, 0.25) is 0 Å². The SMILES string of the molecule is O=P1(c2ccccc2)c2ccccc2C2(c3ccccc3Sc3cc(-n4c5ccccc5c5ccccc54)ccc32)c2cc3c(cc21)oc1ccccc13. The Labute approximate surface area is 315 Å². The fourth-order valence-corrected chi connectivity index (χ4v) is 13.9. The molecule has 3 nitrogen and oxygen atoms in total. The molecule has 0 saturated heterocycles. The minimum atomic E-state index is -3.38. The summed E-state index contributed by atoms with van der Waals surface area (Å²) in [5, 5.41) is 7.09. The molecule has 2 unspecified atom stereocenters. The molecule has 10 aromatic rings. The Morgan fingerprint density at radius 3 is 1.89 bits per heavy atom. The molecular weight excluding hydrogens is 698 g/mol. The van der Waals surface area contributed by atoms with Gasteiger partial charge in [0.15, 0.2) is 7.14 Å². The summed E-state index contributed by atoms with van der Waals surface area (Å²) in [6.45, 7) is 0. The van der Waals surface area contributed by atoms with Gasteiger partial charge in [0.05, 0.1) is 16.4 Å². The van der Waals surface area contributed by atoms with Gasteiger partial charge in [-0.15, -0.1) is 0 Å². The highest BCUT2D eigenvalue weighted by atomic mass is 32.2. The van der Waals surface area contributed by atoms with Gasteiger partial charge in [-0.3, -0.25) is 0 Å². The van der Waals surface area contributed by atoms with E-state index < -0.39 is 12.6 Å². The average Bonchev–Trinajstić information content (AvgIpc) is 3.77. The largest absolute Gasteiger partial charge is 0.456 e. The van der Waals surface area contributed by atoms with Gasteiger partial charge in [0.1, 0.15) is 11.2 Å². The molecule has 0 bridgehead atoms. The van der Waals surface area contributed by atoms with Crippen molar-refractivity contribution in [2.45, 2.75) is 15.2 Å².